The first kappa shape index (κ1) is 17.3. The molecule has 2 aromatic rings. The summed E-state index contributed by atoms with van der Waals surface area (Å²) in [6.07, 6.45) is 0. The zero-order chi connectivity index (χ0) is 18.5. The molecule has 1 aliphatic rings. The molecule has 0 unspecified atom stereocenters. The number of hydrogen-bond donors (Lipinski definition) is 0. The molecule has 1 aliphatic carbocycles. The van der Waals surface area contributed by atoms with Crippen LogP contribution in [0.3, 0.4) is 0 Å². The Morgan fingerprint density at radius 1 is 0.880 bits per heavy atom. The van der Waals surface area contributed by atoms with Gasteiger partial charge in [-0.05, 0) is 6.07 Å². The van der Waals surface area contributed by atoms with Gasteiger partial charge in [0.1, 0.15) is 0 Å². The number of imide groups is 1. The monoisotopic (exact) mass is 375 g/mol. The number of amides is 2. The van der Waals surface area contributed by atoms with Gasteiger partial charge in [-0.15, -0.1) is 0 Å². The average Bonchev–Trinajstić information content (AvgIpc) is 2.55. The quantitative estimate of drug-likeness (QED) is 0.650. The Balaban J connectivity index is 2.34. The van der Waals surface area contributed by atoms with Crippen molar-refractivity contribution in [1.82, 2.24) is 0 Å². The van der Waals surface area contributed by atoms with Gasteiger partial charge in [0.25, 0.3) is 0 Å². The normalized spacial score (nSPS) is 12.5. The van der Waals surface area contributed by atoms with Gasteiger partial charge in [0.2, 0.25) is 11.8 Å². The molecule has 0 fully saturated rings. The van der Waals surface area contributed by atoms with Crippen molar-refractivity contribution in [1.29, 1.82) is 0 Å². The smallest absolute Gasteiger partial charge is 0.230 e. The van der Waals surface area contributed by atoms with Gasteiger partial charge in [-0.3, -0.25) is 19.2 Å². The molecule has 5 nitrogen and oxygen atoms in total. The van der Waals surface area contributed by atoms with E-state index >= 15 is 0 Å². The molecule has 0 saturated carbocycles. The Morgan fingerprint density at radius 3 is 1.92 bits per heavy atom. The molecule has 3 rings (SSSR count). The van der Waals surface area contributed by atoms with E-state index in [1.807, 2.05) is 0 Å². The van der Waals surface area contributed by atoms with Crippen molar-refractivity contribution < 1.29 is 19.2 Å². The molecular weight excluding hydrogens is 365 g/mol. The number of benzene rings is 2. The maximum absolute atomic E-state index is 12.8. The van der Waals surface area contributed by atoms with Gasteiger partial charge in [0, 0.05) is 30.5 Å². The third-order valence-corrected chi connectivity index (χ3v) is 4.59. The van der Waals surface area contributed by atoms with Crippen LogP contribution in [0.15, 0.2) is 30.3 Å². The number of ketones is 2. The van der Waals surface area contributed by atoms with Crippen LogP contribution in [-0.2, 0) is 9.59 Å². The molecule has 0 spiro atoms. The molecule has 2 aromatic carbocycles. The Bertz CT molecular complexity index is 967. The van der Waals surface area contributed by atoms with Crippen LogP contribution in [0, 0.1) is 0 Å². The second kappa shape index (κ2) is 6.10. The molecular formula is C18H11Cl2NO4. The fraction of sp³-hybridized carbons (Fsp3) is 0.111. The lowest BCUT2D eigenvalue weighted by atomic mass is 9.83. The highest BCUT2D eigenvalue weighted by atomic mass is 35.5. The molecule has 2 amide bonds. The van der Waals surface area contributed by atoms with E-state index in [1.54, 1.807) is 18.2 Å². The van der Waals surface area contributed by atoms with Crippen LogP contribution in [0.1, 0.15) is 45.7 Å². The molecule has 0 bridgehead atoms. The Hall–Kier alpha value is -2.50. The van der Waals surface area contributed by atoms with Crippen LogP contribution in [0.2, 0.25) is 10.0 Å². The summed E-state index contributed by atoms with van der Waals surface area (Å²) < 4.78 is 0. The molecule has 0 radical (unpaired) electrons. The fourth-order valence-corrected chi connectivity index (χ4v) is 3.62. The zero-order valence-electron chi connectivity index (χ0n) is 13.2. The van der Waals surface area contributed by atoms with Crippen molar-refractivity contribution in [3.8, 4) is 0 Å². The van der Waals surface area contributed by atoms with E-state index in [0.29, 0.717) is 0 Å². The van der Waals surface area contributed by atoms with Crippen molar-refractivity contribution in [3.05, 3.63) is 62.6 Å². The van der Waals surface area contributed by atoms with E-state index in [1.165, 1.54) is 26.0 Å². The highest BCUT2D eigenvalue weighted by Crippen LogP contribution is 2.42. The standard InChI is InChI=1S/C18H11Cl2NO4/c1-8(22)21(9(2)23)16-13(19)7-12-14(15(16)20)18(25)11-6-4-3-5-10(11)17(12)24/h3-7H,1-2H3. The number of rotatable bonds is 1. The SMILES string of the molecule is CC(=O)N(C(C)=O)c1c(Cl)cc2c(c1Cl)C(=O)c1ccccc1C2=O. The largest absolute Gasteiger partial charge is 0.289 e. The van der Waals surface area contributed by atoms with E-state index in [0.717, 1.165) is 4.90 Å². The minimum atomic E-state index is -0.605. The Kier molecular flexibility index (Phi) is 4.22. The van der Waals surface area contributed by atoms with Crippen LogP contribution < -0.4 is 4.90 Å². The number of carbonyl (C=O) groups is 4. The van der Waals surface area contributed by atoms with Crippen molar-refractivity contribution in [2.75, 3.05) is 4.90 Å². The molecule has 0 N–H and O–H groups in total. The molecule has 7 heteroatoms. The predicted molar refractivity (Wildman–Crippen MR) is 93.6 cm³/mol. The predicted octanol–water partition coefficient (Wildman–Crippen LogP) is 3.67. The Morgan fingerprint density at radius 2 is 1.40 bits per heavy atom. The minimum Gasteiger partial charge on any atom is -0.289 e. The first-order valence-corrected chi connectivity index (χ1v) is 8.03. The second-order valence-corrected chi connectivity index (χ2v) is 6.31. The van der Waals surface area contributed by atoms with Crippen LogP contribution >= 0.6 is 23.2 Å². The van der Waals surface area contributed by atoms with Crippen LogP contribution in [0.25, 0.3) is 0 Å². The number of hydrogen-bond acceptors (Lipinski definition) is 4. The van der Waals surface area contributed by atoms with E-state index in [4.69, 9.17) is 23.2 Å². The maximum Gasteiger partial charge on any atom is 0.230 e. The van der Waals surface area contributed by atoms with Crippen LogP contribution in [0.5, 0.6) is 0 Å². The first-order valence-electron chi connectivity index (χ1n) is 7.27. The lowest BCUT2D eigenvalue weighted by Crippen LogP contribution is -2.34. The minimum absolute atomic E-state index is 0.0505. The average molecular weight is 376 g/mol. The third-order valence-electron chi connectivity index (χ3n) is 3.94. The summed E-state index contributed by atoms with van der Waals surface area (Å²) in [5.41, 5.74) is 0.372. The van der Waals surface area contributed by atoms with Crippen LogP contribution in [0.4, 0.5) is 5.69 Å². The highest BCUT2D eigenvalue weighted by molar-refractivity contribution is 6.46. The number of nitrogens with zero attached hydrogens (tertiary/aromatic N) is 1. The van der Waals surface area contributed by atoms with Gasteiger partial charge >= 0.3 is 0 Å². The van der Waals surface area contributed by atoms with Gasteiger partial charge in [-0.2, -0.15) is 0 Å². The Labute approximate surface area is 153 Å². The topological polar surface area (TPSA) is 71.5 Å². The summed E-state index contributed by atoms with van der Waals surface area (Å²) in [6, 6.07) is 7.63. The highest BCUT2D eigenvalue weighted by Gasteiger charge is 2.35. The van der Waals surface area contributed by atoms with Gasteiger partial charge in [0.15, 0.2) is 11.6 Å². The van der Waals surface area contributed by atoms with E-state index in [9.17, 15) is 19.2 Å². The van der Waals surface area contributed by atoms with E-state index in [-0.39, 0.29) is 38.0 Å². The van der Waals surface area contributed by atoms with Gasteiger partial charge in [-0.25, -0.2) is 4.90 Å². The molecule has 0 heterocycles. The fourth-order valence-electron chi connectivity index (χ4n) is 2.91. The van der Waals surface area contributed by atoms with Crippen LogP contribution in [-0.4, -0.2) is 23.4 Å². The van der Waals surface area contributed by atoms with E-state index < -0.39 is 23.4 Å². The van der Waals surface area contributed by atoms with Crippen molar-refractivity contribution in [2.24, 2.45) is 0 Å². The molecule has 25 heavy (non-hydrogen) atoms. The maximum atomic E-state index is 12.8. The third kappa shape index (κ3) is 2.56. The molecule has 0 aromatic heterocycles. The summed E-state index contributed by atoms with van der Waals surface area (Å²) >= 11 is 12.5. The summed E-state index contributed by atoms with van der Waals surface area (Å²) in [5.74, 6) is -2.06. The van der Waals surface area contributed by atoms with Gasteiger partial charge in [-0.1, -0.05) is 47.5 Å². The molecule has 0 aliphatic heterocycles. The van der Waals surface area contributed by atoms with Gasteiger partial charge in [0.05, 0.1) is 21.3 Å². The van der Waals surface area contributed by atoms with Crippen molar-refractivity contribution in [2.45, 2.75) is 13.8 Å². The van der Waals surface area contributed by atoms with Gasteiger partial charge < -0.3 is 0 Å². The lowest BCUT2D eigenvalue weighted by molar-refractivity contribution is -0.124. The molecule has 126 valence electrons. The number of halogens is 2. The number of anilines is 1. The summed E-state index contributed by atoms with van der Waals surface area (Å²) in [4.78, 5) is 50.0. The molecule has 0 saturated heterocycles. The lowest BCUT2D eigenvalue weighted by Gasteiger charge is -2.25. The second-order valence-electron chi connectivity index (χ2n) is 5.52. The molecule has 0 atom stereocenters. The summed E-state index contributed by atoms with van der Waals surface area (Å²) in [6.45, 7) is 2.35. The van der Waals surface area contributed by atoms with Crippen molar-refractivity contribution >= 4 is 52.3 Å². The summed E-state index contributed by atoms with van der Waals surface area (Å²) in [5, 5.41) is -0.254. The zero-order valence-corrected chi connectivity index (χ0v) is 14.7. The number of carbonyl (C=O) groups excluding carboxylic acids is 4. The summed E-state index contributed by atoms with van der Waals surface area (Å²) in [7, 11) is 0. The van der Waals surface area contributed by atoms with Crippen molar-refractivity contribution in [3.63, 3.8) is 0 Å². The number of fused-ring (bicyclic) bond motifs is 2. The van der Waals surface area contributed by atoms with E-state index in [2.05, 4.69) is 0 Å². The first-order chi connectivity index (χ1) is 11.8.